The molecule has 0 bridgehead atoms. The molecule has 0 amide bonds. The van der Waals surface area contributed by atoms with Crippen molar-refractivity contribution in [1.82, 2.24) is 19.1 Å². The van der Waals surface area contributed by atoms with Crippen molar-refractivity contribution in [1.29, 1.82) is 0 Å². The molecular weight excluding hydrogens is 404 g/mol. The van der Waals surface area contributed by atoms with Gasteiger partial charge < -0.3 is 9.84 Å². The van der Waals surface area contributed by atoms with Crippen LogP contribution in [0.3, 0.4) is 0 Å². The fourth-order valence-electron chi connectivity index (χ4n) is 4.83. The van der Waals surface area contributed by atoms with Gasteiger partial charge >= 0.3 is 5.69 Å². The van der Waals surface area contributed by atoms with Crippen LogP contribution in [0.15, 0.2) is 53.7 Å². The molecule has 0 spiro atoms. The Hall–Kier alpha value is -3.03. The Bertz CT molecular complexity index is 1360. The molecular formula is C25H28N4O3. The predicted octanol–water partition coefficient (Wildman–Crippen LogP) is 3.59. The second-order valence-corrected chi connectivity index (χ2v) is 9.46. The zero-order valence-electron chi connectivity index (χ0n) is 18.7. The molecule has 1 atom stereocenters. The van der Waals surface area contributed by atoms with E-state index in [0.29, 0.717) is 19.6 Å². The van der Waals surface area contributed by atoms with Crippen molar-refractivity contribution in [2.45, 2.75) is 57.9 Å². The number of benzene rings is 1. The highest BCUT2D eigenvalue weighted by Crippen LogP contribution is 2.32. The molecule has 7 heteroatoms. The van der Waals surface area contributed by atoms with E-state index < -0.39 is 11.3 Å². The van der Waals surface area contributed by atoms with E-state index in [1.165, 1.54) is 0 Å². The molecule has 0 aliphatic carbocycles. The van der Waals surface area contributed by atoms with Crippen LogP contribution in [0.25, 0.3) is 21.8 Å². The van der Waals surface area contributed by atoms with Crippen molar-refractivity contribution in [3.8, 4) is 0 Å². The van der Waals surface area contributed by atoms with E-state index in [1.54, 1.807) is 35.4 Å². The standard InChI is InChI=1S/C25H28N4O3/c1-24(2,31)13-19-18-8-5-4-7-17(18)14-27-20(19)16-28-22-15-26-11-9-21(22)29(23(28)30)25(3)10-6-12-32-25/h4-5,7-9,11,14-15,31H,6,10,12-13,16H2,1-3H3/t25-/m1/s1. The molecule has 3 aromatic heterocycles. The summed E-state index contributed by atoms with van der Waals surface area (Å²) in [4.78, 5) is 22.7. The zero-order valence-corrected chi connectivity index (χ0v) is 18.7. The highest BCUT2D eigenvalue weighted by molar-refractivity contribution is 5.85. The Labute approximate surface area is 186 Å². The summed E-state index contributed by atoms with van der Waals surface area (Å²) in [6.45, 7) is 6.49. The number of pyridine rings is 2. The molecule has 1 saturated heterocycles. The fraction of sp³-hybridized carbons (Fsp3) is 0.400. The van der Waals surface area contributed by atoms with Gasteiger partial charge in [0.15, 0.2) is 0 Å². The average Bonchev–Trinajstić information content (AvgIpc) is 3.31. The summed E-state index contributed by atoms with van der Waals surface area (Å²) in [6.07, 6.45) is 7.40. The number of aliphatic hydroxyl groups is 1. The molecule has 0 unspecified atom stereocenters. The molecule has 5 rings (SSSR count). The lowest BCUT2D eigenvalue weighted by molar-refractivity contribution is -0.0455. The van der Waals surface area contributed by atoms with Crippen molar-refractivity contribution < 1.29 is 9.84 Å². The van der Waals surface area contributed by atoms with E-state index in [-0.39, 0.29) is 5.69 Å². The molecule has 1 aromatic carbocycles. The van der Waals surface area contributed by atoms with Crippen LogP contribution >= 0.6 is 0 Å². The van der Waals surface area contributed by atoms with Crippen molar-refractivity contribution in [2.75, 3.05) is 6.61 Å². The lowest BCUT2D eigenvalue weighted by atomic mass is 9.93. The summed E-state index contributed by atoms with van der Waals surface area (Å²) in [7, 11) is 0. The van der Waals surface area contributed by atoms with Gasteiger partial charge in [0.25, 0.3) is 0 Å². The lowest BCUT2D eigenvalue weighted by Crippen LogP contribution is -2.39. The number of nitrogens with zero attached hydrogens (tertiary/aromatic N) is 4. The average molecular weight is 433 g/mol. The van der Waals surface area contributed by atoms with Gasteiger partial charge in [0.05, 0.1) is 35.1 Å². The van der Waals surface area contributed by atoms with E-state index in [1.807, 2.05) is 43.5 Å². The Morgan fingerprint density at radius 3 is 2.75 bits per heavy atom. The second kappa shape index (κ2) is 7.53. The van der Waals surface area contributed by atoms with E-state index >= 15 is 0 Å². The fourth-order valence-corrected chi connectivity index (χ4v) is 4.83. The van der Waals surface area contributed by atoms with Crippen molar-refractivity contribution in [3.63, 3.8) is 0 Å². The van der Waals surface area contributed by atoms with Gasteiger partial charge in [-0.25, -0.2) is 4.79 Å². The SMILES string of the molecule is CC(C)(O)Cc1c(Cn2c(=O)n([C@@]3(C)CCCO3)c3ccncc32)ncc2ccccc12. The summed E-state index contributed by atoms with van der Waals surface area (Å²) in [5.41, 5.74) is 1.56. The largest absolute Gasteiger partial charge is 0.390 e. The van der Waals surface area contributed by atoms with Crippen LogP contribution in [0.1, 0.15) is 44.9 Å². The topological polar surface area (TPSA) is 82.2 Å². The van der Waals surface area contributed by atoms with Gasteiger partial charge in [0.1, 0.15) is 5.72 Å². The van der Waals surface area contributed by atoms with Crippen LogP contribution in [-0.2, 0) is 23.4 Å². The minimum Gasteiger partial charge on any atom is -0.390 e. The molecule has 4 aromatic rings. The van der Waals surface area contributed by atoms with Crippen LogP contribution < -0.4 is 5.69 Å². The first-order valence-electron chi connectivity index (χ1n) is 11.0. The molecule has 1 fully saturated rings. The van der Waals surface area contributed by atoms with E-state index in [4.69, 9.17) is 9.72 Å². The van der Waals surface area contributed by atoms with E-state index in [0.717, 1.165) is 45.9 Å². The van der Waals surface area contributed by atoms with Gasteiger partial charge in [-0.1, -0.05) is 24.3 Å². The molecule has 4 heterocycles. The summed E-state index contributed by atoms with van der Waals surface area (Å²) < 4.78 is 9.49. The van der Waals surface area contributed by atoms with E-state index in [2.05, 4.69) is 4.98 Å². The quantitative estimate of drug-likeness (QED) is 0.521. The van der Waals surface area contributed by atoms with Crippen LogP contribution in [0.2, 0.25) is 0 Å². The first-order valence-corrected chi connectivity index (χ1v) is 11.0. The van der Waals surface area contributed by atoms with Crippen LogP contribution in [0, 0.1) is 0 Å². The molecule has 0 radical (unpaired) electrons. The summed E-state index contributed by atoms with van der Waals surface area (Å²) in [6, 6.07) is 9.89. The number of hydrogen-bond donors (Lipinski definition) is 1. The molecule has 7 nitrogen and oxygen atoms in total. The maximum Gasteiger partial charge on any atom is 0.331 e. The predicted molar refractivity (Wildman–Crippen MR) is 124 cm³/mol. The van der Waals surface area contributed by atoms with Crippen molar-refractivity contribution in [3.05, 3.63) is 70.7 Å². The first-order chi connectivity index (χ1) is 15.3. The molecule has 1 N–H and O–H groups in total. The Morgan fingerprint density at radius 2 is 2.00 bits per heavy atom. The Balaban J connectivity index is 1.70. The van der Waals surface area contributed by atoms with Crippen LogP contribution in [-0.4, -0.2) is 36.4 Å². The maximum absolute atomic E-state index is 13.7. The zero-order chi connectivity index (χ0) is 22.5. The Kier molecular flexibility index (Phi) is 4.91. The monoisotopic (exact) mass is 432 g/mol. The number of fused-ring (bicyclic) bond motifs is 2. The minimum atomic E-state index is -0.910. The molecule has 32 heavy (non-hydrogen) atoms. The van der Waals surface area contributed by atoms with Gasteiger partial charge in [-0.05, 0) is 50.6 Å². The van der Waals surface area contributed by atoms with Crippen LogP contribution in [0.4, 0.5) is 0 Å². The normalized spacial score (nSPS) is 19.2. The summed E-state index contributed by atoms with van der Waals surface area (Å²) >= 11 is 0. The number of ether oxygens (including phenoxy) is 1. The summed E-state index contributed by atoms with van der Waals surface area (Å²) in [5.74, 6) is 0. The Morgan fingerprint density at radius 1 is 1.19 bits per heavy atom. The van der Waals surface area contributed by atoms with Gasteiger partial charge in [0, 0.05) is 30.8 Å². The van der Waals surface area contributed by atoms with E-state index in [9.17, 15) is 9.90 Å². The van der Waals surface area contributed by atoms with Crippen molar-refractivity contribution >= 4 is 21.8 Å². The maximum atomic E-state index is 13.7. The number of hydrogen-bond acceptors (Lipinski definition) is 5. The van der Waals surface area contributed by atoms with Crippen LogP contribution in [0.5, 0.6) is 0 Å². The van der Waals surface area contributed by atoms with Gasteiger partial charge in [-0.15, -0.1) is 0 Å². The second-order valence-electron chi connectivity index (χ2n) is 9.46. The number of imidazole rings is 1. The minimum absolute atomic E-state index is 0.137. The van der Waals surface area contributed by atoms with Gasteiger partial charge in [0.2, 0.25) is 0 Å². The van der Waals surface area contributed by atoms with Gasteiger partial charge in [-0.2, -0.15) is 0 Å². The molecule has 0 saturated carbocycles. The smallest absolute Gasteiger partial charge is 0.331 e. The third-order valence-electron chi connectivity index (χ3n) is 6.31. The third-order valence-corrected chi connectivity index (χ3v) is 6.31. The highest BCUT2D eigenvalue weighted by Gasteiger charge is 2.36. The number of aromatic nitrogens is 4. The third kappa shape index (κ3) is 3.51. The van der Waals surface area contributed by atoms with Gasteiger partial charge in [-0.3, -0.25) is 19.1 Å². The highest BCUT2D eigenvalue weighted by atomic mass is 16.5. The molecule has 166 valence electrons. The first kappa shape index (κ1) is 20.8. The number of rotatable bonds is 5. The molecule has 1 aliphatic rings. The summed E-state index contributed by atoms with van der Waals surface area (Å²) in [5, 5.41) is 12.7. The molecule has 1 aliphatic heterocycles. The lowest BCUT2D eigenvalue weighted by Gasteiger charge is -2.24. The van der Waals surface area contributed by atoms with Crippen molar-refractivity contribution in [2.24, 2.45) is 0 Å².